The second kappa shape index (κ2) is 5.84. The van der Waals surface area contributed by atoms with E-state index in [0.717, 1.165) is 22.3 Å². The van der Waals surface area contributed by atoms with Crippen molar-refractivity contribution in [3.8, 4) is 5.75 Å². The fraction of sp³-hybridized carbons (Fsp3) is 0.579. The molecule has 0 radical (unpaired) electrons. The number of aromatic hydroxyl groups is 1. The molecule has 1 aromatic rings. The average molecular weight is 289 g/mol. The Bertz CT molecular complexity index is 505. The molecular formula is C19H31NO. The minimum atomic E-state index is -0.101. The van der Waals surface area contributed by atoms with Crippen LogP contribution in [0.3, 0.4) is 0 Å². The first-order chi connectivity index (χ1) is 9.34. The molecule has 1 unspecified atom stereocenters. The molecule has 1 rings (SSSR count). The molecule has 0 bridgehead atoms. The van der Waals surface area contributed by atoms with E-state index in [1.807, 2.05) is 13.8 Å². The summed E-state index contributed by atoms with van der Waals surface area (Å²) in [5.74, 6) is 0.422. The van der Waals surface area contributed by atoms with Gasteiger partial charge in [-0.25, -0.2) is 0 Å². The van der Waals surface area contributed by atoms with Crippen LogP contribution in [0.1, 0.15) is 72.1 Å². The maximum atomic E-state index is 10.7. The molecule has 21 heavy (non-hydrogen) atoms. The van der Waals surface area contributed by atoms with Crippen molar-refractivity contribution in [1.82, 2.24) is 0 Å². The molecule has 1 aromatic carbocycles. The summed E-state index contributed by atoms with van der Waals surface area (Å²) < 4.78 is 0. The smallest absolute Gasteiger partial charge is 0.123 e. The quantitative estimate of drug-likeness (QED) is 0.826. The molecular weight excluding hydrogens is 258 g/mol. The van der Waals surface area contributed by atoms with Crippen LogP contribution >= 0.6 is 0 Å². The van der Waals surface area contributed by atoms with Gasteiger partial charge in [0.1, 0.15) is 5.75 Å². The van der Waals surface area contributed by atoms with Crippen LogP contribution in [0.25, 0.3) is 6.08 Å². The SMILES string of the molecule is CC(=Cc1cc(C(C)(C)C)c(O)c(C(C)(C)C)c1)C(C)N. The Balaban J connectivity index is 3.59. The Morgan fingerprint density at radius 3 is 1.71 bits per heavy atom. The first-order valence-corrected chi connectivity index (χ1v) is 7.66. The van der Waals surface area contributed by atoms with Gasteiger partial charge in [0.25, 0.3) is 0 Å². The van der Waals surface area contributed by atoms with Gasteiger partial charge in [-0.05, 0) is 42.4 Å². The molecule has 0 saturated heterocycles. The zero-order valence-corrected chi connectivity index (χ0v) is 14.8. The number of phenolic OH excluding ortho intramolecular Hbond substituents is 1. The van der Waals surface area contributed by atoms with Crippen LogP contribution in [-0.2, 0) is 10.8 Å². The van der Waals surface area contributed by atoms with Gasteiger partial charge in [-0.15, -0.1) is 0 Å². The Morgan fingerprint density at radius 2 is 1.43 bits per heavy atom. The van der Waals surface area contributed by atoms with Crippen LogP contribution in [0.2, 0.25) is 0 Å². The predicted octanol–water partition coefficient (Wildman–Crippen LogP) is 4.74. The minimum absolute atomic E-state index is 0.0370. The van der Waals surface area contributed by atoms with Crippen molar-refractivity contribution in [3.05, 3.63) is 34.4 Å². The van der Waals surface area contributed by atoms with Gasteiger partial charge in [0.15, 0.2) is 0 Å². The van der Waals surface area contributed by atoms with Crippen LogP contribution in [0.15, 0.2) is 17.7 Å². The van der Waals surface area contributed by atoms with Gasteiger partial charge in [-0.3, -0.25) is 0 Å². The normalized spacial score (nSPS) is 15.2. The lowest BCUT2D eigenvalue weighted by molar-refractivity contribution is 0.423. The summed E-state index contributed by atoms with van der Waals surface area (Å²) in [5.41, 5.74) is 9.96. The highest BCUT2D eigenvalue weighted by atomic mass is 16.3. The van der Waals surface area contributed by atoms with Crippen LogP contribution < -0.4 is 5.73 Å². The Hall–Kier alpha value is -1.28. The van der Waals surface area contributed by atoms with Gasteiger partial charge in [0, 0.05) is 17.2 Å². The summed E-state index contributed by atoms with van der Waals surface area (Å²) in [6.07, 6.45) is 2.12. The molecule has 0 aliphatic carbocycles. The van der Waals surface area contributed by atoms with Gasteiger partial charge in [-0.2, -0.15) is 0 Å². The van der Waals surface area contributed by atoms with E-state index in [-0.39, 0.29) is 16.9 Å². The summed E-state index contributed by atoms with van der Waals surface area (Å²) in [5, 5.41) is 10.7. The molecule has 118 valence electrons. The zero-order chi connectivity index (χ0) is 16.6. The maximum Gasteiger partial charge on any atom is 0.123 e. The summed E-state index contributed by atoms with van der Waals surface area (Å²) in [7, 11) is 0. The Morgan fingerprint density at radius 1 is 1.05 bits per heavy atom. The Kier molecular flexibility index (Phi) is 4.94. The topological polar surface area (TPSA) is 46.2 Å². The predicted molar refractivity (Wildman–Crippen MR) is 92.8 cm³/mol. The molecule has 0 amide bonds. The van der Waals surface area contributed by atoms with E-state index in [1.165, 1.54) is 0 Å². The van der Waals surface area contributed by atoms with E-state index >= 15 is 0 Å². The highest BCUT2D eigenvalue weighted by Crippen LogP contribution is 2.40. The standard InChI is InChI=1S/C19H31NO/c1-12(13(2)20)9-14-10-15(18(3,4)5)17(21)16(11-14)19(6,7)8/h9-11,13,21H,20H2,1-8H3. The third-order valence-corrected chi connectivity index (χ3v) is 3.86. The second-order valence-corrected chi connectivity index (χ2v) is 8.14. The summed E-state index contributed by atoms with van der Waals surface area (Å²) >= 11 is 0. The van der Waals surface area contributed by atoms with Crippen molar-refractivity contribution in [2.75, 3.05) is 0 Å². The molecule has 2 heteroatoms. The lowest BCUT2D eigenvalue weighted by Gasteiger charge is -2.28. The zero-order valence-electron chi connectivity index (χ0n) is 14.8. The van der Waals surface area contributed by atoms with Gasteiger partial charge >= 0.3 is 0 Å². The van der Waals surface area contributed by atoms with Crippen LogP contribution in [-0.4, -0.2) is 11.1 Å². The molecule has 0 aliphatic rings. The fourth-order valence-electron chi connectivity index (χ4n) is 2.28. The first-order valence-electron chi connectivity index (χ1n) is 7.66. The fourth-order valence-corrected chi connectivity index (χ4v) is 2.28. The van der Waals surface area contributed by atoms with E-state index in [1.54, 1.807) is 0 Å². The number of phenols is 1. The van der Waals surface area contributed by atoms with Crippen molar-refractivity contribution in [1.29, 1.82) is 0 Å². The highest BCUT2D eigenvalue weighted by molar-refractivity contribution is 5.61. The summed E-state index contributed by atoms with van der Waals surface area (Å²) in [6.45, 7) is 16.8. The Labute approximate surface area is 130 Å². The van der Waals surface area contributed by atoms with Crippen LogP contribution in [0, 0.1) is 0 Å². The van der Waals surface area contributed by atoms with E-state index in [0.29, 0.717) is 5.75 Å². The number of hydrogen-bond donors (Lipinski definition) is 2. The maximum absolute atomic E-state index is 10.7. The minimum Gasteiger partial charge on any atom is -0.507 e. The number of hydrogen-bond acceptors (Lipinski definition) is 2. The molecule has 2 nitrogen and oxygen atoms in total. The molecule has 0 saturated carbocycles. The first kappa shape index (κ1) is 17.8. The van der Waals surface area contributed by atoms with Crippen LogP contribution in [0.5, 0.6) is 5.75 Å². The summed E-state index contributed by atoms with van der Waals surface area (Å²) in [4.78, 5) is 0. The molecule has 1 atom stereocenters. The van der Waals surface area contributed by atoms with Crippen molar-refractivity contribution in [2.24, 2.45) is 5.73 Å². The molecule has 0 heterocycles. The van der Waals surface area contributed by atoms with E-state index in [9.17, 15) is 5.11 Å². The molecule has 0 fully saturated rings. The largest absolute Gasteiger partial charge is 0.507 e. The number of benzene rings is 1. The van der Waals surface area contributed by atoms with Gasteiger partial charge in [0.2, 0.25) is 0 Å². The molecule has 0 spiro atoms. The summed E-state index contributed by atoms with van der Waals surface area (Å²) in [6, 6.07) is 4.20. The van der Waals surface area contributed by atoms with E-state index in [4.69, 9.17) is 5.73 Å². The number of nitrogens with two attached hydrogens (primary N) is 1. The van der Waals surface area contributed by atoms with Crippen molar-refractivity contribution in [3.63, 3.8) is 0 Å². The molecule has 0 aliphatic heterocycles. The monoisotopic (exact) mass is 289 g/mol. The van der Waals surface area contributed by atoms with E-state index < -0.39 is 0 Å². The highest BCUT2D eigenvalue weighted by Gasteiger charge is 2.26. The molecule has 0 aromatic heterocycles. The lowest BCUT2D eigenvalue weighted by atomic mass is 9.78. The average Bonchev–Trinajstić information content (AvgIpc) is 2.27. The van der Waals surface area contributed by atoms with Crippen molar-refractivity contribution >= 4 is 6.08 Å². The third kappa shape index (κ3) is 4.34. The van der Waals surface area contributed by atoms with E-state index in [2.05, 4.69) is 59.8 Å². The van der Waals surface area contributed by atoms with Crippen LogP contribution in [0.4, 0.5) is 0 Å². The second-order valence-electron chi connectivity index (χ2n) is 8.14. The lowest BCUT2D eigenvalue weighted by Crippen LogP contribution is -2.18. The van der Waals surface area contributed by atoms with Gasteiger partial charge < -0.3 is 10.8 Å². The van der Waals surface area contributed by atoms with Gasteiger partial charge in [0.05, 0.1) is 0 Å². The van der Waals surface area contributed by atoms with Gasteiger partial charge in [-0.1, -0.05) is 53.2 Å². The molecule has 3 N–H and O–H groups in total. The number of rotatable bonds is 2. The van der Waals surface area contributed by atoms with Crippen molar-refractivity contribution < 1.29 is 5.11 Å². The third-order valence-electron chi connectivity index (χ3n) is 3.86. The van der Waals surface area contributed by atoms with Crippen molar-refractivity contribution in [2.45, 2.75) is 72.3 Å².